The third-order valence-corrected chi connectivity index (χ3v) is 3.83. The molecule has 2 aromatic rings. The average molecular weight is 372 g/mol. The van der Waals surface area contributed by atoms with Crippen molar-refractivity contribution < 1.29 is 24.0 Å². The Labute approximate surface area is 156 Å². The van der Waals surface area contributed by atoms with Gasteiger partial charge in [0.1, 0.15) is 5.75 Å². The maximum absolute atomic E-state index is 12.0. The maximum Gasteiger partial charge on any atom is 0.310 e. The smallest absolute Gasteiger partial charge is 0.310 e. The molecule has 142 valence electrons. The lowest BCUT2D eigenvalue weighted by Crippen LogP contribution is -2.22. The number of rotatable bonds is 7. The van der Waals surface area contributed by atoms with E-state index in [0.29, 0.717) is 22.6 Å². The molecule has 27 heavy (non-hydrogen) atoms. The first-order valence-electron chi connectivity index (χ1n) is 8.14. The molecular weight excluding hydrogens is 352 g/mol. The van der Waals surface area contributed by atoms with Crippen LogP contribution in [-0.4, -0.2) is 30.5 Å². The van der Waals surface area contributed by atoms with Crippen LogP contribution in [0, 0.1) is 24.0 Å². The summed E-state index contributed by atoms with van der Waals surface area (Å²) in [4.78, 5) is 34.2. The van der Waals surface area contributed by atoms with Crippen molar-refractivity contribution in [1.29, 1.82) is 0 Å². The van der Waals surface area contributed by atoms with Crippen molar-refractivity contribution in [2.75, 3.05) is 19.0 Å². The summed E-state index contributed by atoms with van der Waals surface area (Å²) in [6.07, 6.45) is -0.0192. The van der Waals surface area contributed by atoms with Crippen LogP contribution in [0.4, 0.5) is 11.4 Å². The van der Waals surface area contributed by atoms with Gasteiger partial charge in [0, 0.05) is 23.4 Å². The van der Waals surface area contributed by atoms with Crippen LogP contribution < -0.4 is 10.1 Å². The minimum Gasteiger partial charge on any atom is -0.496 e. The quantitative estimate of drug-likeness (QED) is 0.455. The standard InChI is InChI=1S/C19H20N2O6/c1-12-4-7-17(26-3)14(8-12)10-19(23)27-11-18(22)20-16-6-5-15(21(24)25)9-13(16)2/h4-9H,10-11H2,1-3H3,(H,20,22). The Morgan fingerprint density at radius 3 is 2.52 bits per heavy atom. The summed E-state index contributed by atoms with van der Waals surface area (Å²) in [5.41, 5.74) is 2.54. The monoisotopic (exact) mass is 372 g/mol. The number of anilines is 1. The number of carbonyl (C=O) groups excluding carboxylic acids is 2. The van der Waals surface area contributed by atoms with E-state index in [1.807, 2.05) is 19.1 Å². The Morgan fingerprint density at radius 2 is 1.89 bits per heavy atom. The van der Waals surface area contributed by atoms with Crippen molar-refractivity contribution in [2.24, 2.45) is 0 Å². The van der Waals surface area contributed by atoms with Crippen molar-refractivity contribution in [3.05, 3.63) is 63.2 Å². The van der Waals surface area contributed by atoms with E-state index in [1.165, 1.54) is 25.3 Å². The zero-order chi connectivity index (χ0) is 20.0. The molecule has 1 amide bonds. The van der Waals surface area contributed by atoms with Crippen LogP contribution in [0.15, 0.2) is 36.4 Å². The first-order chi connectivity index (χ1) is 12.8. The van der Waals surface area contributed by atoms with E-state index in [1.54, 1.807) is 13.0 Å². The highest BCUT2D eigenvalue weighted by Gasteiger charge is 2.14. The highest BCUT2D eigenvalue weighted by atomic mass is 16.6. The van der Waals surface area contributed by atoms with E-state index in [4.69, 9.17) is 9.47 Å². The fourth-order valence-corrected chi connectivity index (χ4v) is 2.49. The molecule has 0 atom stereocenters. The number of nitro groups is 1. The van der Waals surface area contributed by atoms with Crippen LogP contribution in [0.25, 0.3) is 0 Å². The number of non-ortho nitro benzene ring substituents is 1. The fourth-order valence-electron chi connectivity index (χ4n) is 2.49. The lowest BCUT2D eigenvalue weighted by Gasteiger charge is -2.11. The van der Waals surface area contributed by atoms with E-state index in [9.17, 15) is 19.7 Å². The molecule has 0 saturated carbocycles. The number of nitrogens with zero attached hydrogens (tertiary/aromatic N) is 1. The van der Waals surface area contributed by atoms with Gasteiger partial charge in [-0.15, -0.1) is 0 Å². The minimum atomic E-state index is -0.561. The number of aryl methyl sites for hydroxylation is 2. The molecule has 0 bridgehead atoms. The molecule has 8 nitrogen and oxygen atoms in total. The van der Waals surface area contributed by atoms with Gasteiger partial charge < -0.3 is 14.8 Å². The van der Waals surface area contributed by atoms with Gasteiger partial charge in [-0.25, -0.2) is 0 Å². The van der Waals surface area contributed by atoms with E-state index in [2.05, 4.69) is 5.32 Å². The predicted octanol–water partition coefficient (Wildman–Crippen LogP) is 2.94. The van der Waals surface area contributed by atoms with Gasteiger partial charge >= 0.3 is 5.97 Å². The Morgan fingerprint density at radius 1 is 1.15 bits per heavy atom. The summed E-state index contributed by atoms with van der Waals surface area (Å²) >= 11 is 0. The van der Waals surface area contributed by atoms with Gasteiger partial charge in [0.2, 0.25) is 0 Å². The average Bonchev–Trinajstić information content (AvgIpc) is 2.61. The summed E-state index contributed by atoms with van der Waals surface area (Å²) in [5, 5.41) is 13.3. The summed E-state index contributed by atoms with van der Waals surface area (Å²) < 4.78 is 10.2. The van der Waals surface area contributed by atoms with Crippen molar-refractivity contribution in [1.82, 2.24) is 0 Å². The Balaban J connectivity index is 1.91. The SMILES string of the molecule is COc1ccc(C)cc1CC(=O)OCC(=O)Nc1ccc([N+](=O)[O-])cc1C. The molecule has 0 unspecified atom stereocenters. The number of hydrogen-bond acceptors (Lipinski definition) is 6. The van der Waals surface area contributed by atoms with Crippen LogP contribution in [-0.2, 0) is 20.7 Å². The molecule has 0 heterocycles. The molecule has 2 aromatic carbocycles. The molecule has 8 heteroatoms. The molecule has 2 rings (SSSR count). The van der Waals surface area contributed by atoms with E-state index in [-0.39, 0.29) is 12.1 Å². The molecule has 1 N–H and O–H groups in total. The number of nitro benzene ring substituents is 1. The molecule has 0 aliphatic heterocycles. The Bertz CT molecular complexity index is 878. The second kappa shape index (κ2) is 8.79. The topological polar surface area (TPSA) is 108 Å². The van der Waals surface area contributed by atoms with E-state index < -0.39 is 23.4 Å². The minimum absolute atomic E-state index is 0.0192. The normalized spacial score (nSPS) is 10.2. The molecule has 0 aromatic heterocycles. The largest absolute Gasteiger partial charge is 0.496 e. The summed E-state index contributed by atoms with van der Waals surface area (Å²) in [6.45, 7) is 3.08. The van der Waals surface area contributed by atoms with Crippen LogP contribution in [0.2, 0.25) is 0 Å². The molecule has 0 saturated heterocycles. The second-order valence-electron chi connectivity index (χ2n) is 5.96. The van der Waals surface area contributed by atoms with Crippen molar-refractivity contribution in [2.45, 2.75) is 20.3 Å². The van der Waals surface area contributed by atoms with E-state index >= 15 is 0 Å². The number of nitrogens with one attached hydrogen (secondary N) is 1. The maximum atomic E-state index is 12.0. The van der Waals surface area contributed by atoms with Gasteiger partial charge in [0.05, 0.1) is 18.5 Å². The number of ether oxygens (including phenoxy) is 2. The fraction of sp³-hybridized carbons (Fsp3) is 0.263. The van der Waals surface area contributed by atoms with Crippen LogP contribution in [0.1, 0.15) is 16.7 Å². The summed E-state index contributed by atoms with van der Waals surface area (Å²) in [5.74, 6) is -0.519. The summed E-state index contributed by atoms with van der Waals surface area (Å²) in [6, 6.07) is 9.53. The Hall–Kier alpha value is -3.42. The number of esters is 1. The third kappa shape index (κ3) is 5.53. The first kappa shape index (κ1) is 19.9. The first-order valence-corrected chi connectivity index (χ1v) is 8.14. The van der Waals surface area contributed by atoms with Crippen LogP contribution in [0.3, 0.4) is 0 Å². The van der Waals surface area contributed by atoms with Crippen molar-refractivity contribution >= 4 is 23.3 Å². The van der Waals surface area contributed by atoms with Gasteiger partial charge in [0.25, 0.3) is 11.6 Å². The van der Waals surface area contributed by atoms with Crippen LogP contribution in [0.5, 0.6) is 5.75 Å². The number of carbonyl (C=O) groups is 2. The highest BCUT2D eigenvalue weighted by Crippen LogP contribution is 2.22. The highest BCUT2D eigenvalue weighted by molar-refractivity contribution is 5.93. The molecule has 0 radical (unpaired) electrons. The molecule has 0 aliphatic rings. The number of hydrogen-bond donors (Lipinski definition) is 1. The number of amides is 1. The van der Waals surface area contributed by atoms with Crippen LogP contribution >= 0.6 is 0 Å². The predicted molar refractivity (Wildman–Crippen MR) is 98.9 cm³/mol. The molecule has 0 fully saturated rings. The number of methoxy groups -OCH3 is 1. The van der Waals surface area contributed by atoms with Gasteiger partial charge in [-0.3, -0.25) is 19.7 Å². The zero-order valence-corrected chi connectivity index (χ0v) is 15.3. The Kier molecular flexibility index (Phi) is 6.48. The van der Waals surface area contributed by atoms with E-state index in [0.717, 1.165) is 5.56 Å². The third-order valence-electron chi connectivity index (χ3n) is 3.83. The van der Waals surface area contributed by atoms with Gasteiger partial charge in [0.15, 0.2) is 6.61 Å². The number of benzene rings is 2. The lowest BCUT2D eigenvalue weighted by atomic mass is 10.1. The van der Waals surface area contributed by atoms with Crippen molar-refractivity contribution in [3.8, 4) is 5.75 Å². The summed E-state index contributed by atoms with van der Waals surface area (Å²) in [7, 11) is 1.51. The van der Waals surface area contributed by atoms with Gasteiger partial charge in [-0.05, 0) is 31.5 Å². The van der Waals surface area contributed by atoms with Crippen molar-refractivity contribution in [3.63, 3.8) is 0 Å². The zero-order valence-electron chi connectivity index (χ0n) is 15.3. The lowest BCUT2D eigenvalue weighted by molar-refractivity contribution is -0.384. The molecular formula is C19H20N2O6. The van der Waals surface area contributed by atoms with Gasteiger partial charge in [-0.1, -0.05) is 17.7 Å². The second-order valence-corrected chi connectivity index (χ2v) is 5.96. The van der Waals surface area contributed by atoms with Gasteiger partial charge in [-0.2, -0.15) is 0 Å². The molecule has 0 aliphatic carbocycles. The molecule has 0 spiro atoms.